The van der Waals surface area contributed by atoms with E-state index in [9.17, 15) is 5.11 Å². The molecule has 0 aliphatic carbocycles. The third kappa shape index (κ3) is 1.41. The lowest BCUT2D eigenvalue weighted by molar-refractivity contribution is 0.469. The Morgan fingerprint density at radius 2 is 1.88 bits per heavy atom. The van der Waals surface area contributed by atoms with Crippen LogP contribution in [0.3, 0.4) is 0 Å². The van der Waals surface area contributed by atoms with Crippen LogP contribution in [0.15, 0.2) is 12.1 Å². The molecule has 0 saturated heterocycles. The van der Waals surface area contributed by atoms with E-state index >= 15 is 0 Å². The molecule has 16 heavy (non-hydrogen) atoms. The van der Waals surface area contributed by atoms with Gasteiger partial charge in [0.2, 0.25) is 0 Å². The van der Waals surface area contributed by atoms with Gasteiger partial charge in [-0.3, -0.25) is 0 Å². The zero-order valence-electron chi connectivity index (χ0n) is 10.6. The lowest BCUT2D eigenvalue weighted by Crippen LogP contribution is -2.41. The number of hydrogen-bond acceptors (Lipinski definition) is 2. The predicted octanol–water partition coefficient (Wildman–Crippen LogP) is 3.25. The van der Waals surface area contributed by atoms with Gasteiger partial charge in [0.1, 0.15) is 5.75 Å². The number of hydrogen-bond donors (Lipinski definition) is 1. The van der Waals surface area contributed by atoms with Gasteiger partial charge in [-0.25, -0.2) is 0 Å². The minimum absolute atomic E-state index is 0.00199. The Hall–Kier alpha value is -1.44. The quantitative estimate of drug-likeness (QED) is 0.721. The number of benzene rings is 1. The Kier molecular flexibility index (Phi) is 2.26. The summed E-state index contributed by atoms with van der Waals surface area (Å²) in [4.78, 5) is 2.23. The highest BCUT2D eigenvalue weighted by atomic mass is 16.3. The molecule has 2 rings (SSSR count). The van der Waals surface area contributed by atoms with Crippen LogP contribution < -0.4 is 4.90 Å². The molecule has 0 saturated carbocycles. The van der Waals surface area contributed by atoms with Crippen molar-refractivity contribution in [1.82, 2.24) is 0 Å². The summed E-state index contributed by atoms with van der Waals surface area (Å²) in [6.07, 6.45) is 4.37. The summed E-state index contributed by atoms with van der Waals surface area (Å²) in [5.41, 5.74) is 4.44. The average Bonchev–Trinajstić information content (AvgIpc) is 2.19. The number of aryl methyl sites for hydroxylation is 1. The predicted molar refractivity (Wildman–Crippen MR) is 69.1 cm³/mol. The fourth-order valence-electron chi connectivity index (χ4n) is 2.23. The van der Waals surface area contributed by atoms with Crippen molar-refractivity contribution < 1.29 is 5.11 Å². The zero-order chi connectivity index (χ0) is 12.1. The summed E-state index contributed by atoms with van der Waals surface area (Å²) in [6.45, 7) is 8.35. The van der Waals surface area contributed by atoms with Crippen molar-refractivity contribution in [1.29, 1.82) is 0 Å². The first-order valence-corrected chi connectivity index (χ1v) is 5.61. The lowest BCUT2D eigenvalue weighted by atomic mass is 9.90. The second-order valence-corrected chi connectivity index (χ2v) is 5.15. The van der Waals surface area contributed by atoms with E-state index < -0.39 is 0 Å². The molecule has 1 aromatic rings. The fourth-order valence-corrected chi connectivity index (χ4v) is 2.23. The first-order chi connectivity index (χ1) is 7.34. The highest BCUT2D eigenvalue weighted by Crippen LogP contribution is 2.40. The van der Waals surface area contributed by atoms with E-state index in [1.165, 1.54) is 5.56 Å². The molecule has 0 fully saturated rings. The molecule has 1 aliphatic rings. The Labute approximate surface area is 97.2 Å². The van der Waals surface area contributed by atoms with Crippen molar-refractivity contribution in [2.24, 2.45) is 0 Å². The van der Waals surface area contributed by atoms with Crippen LogP contribution >= 0.6 is 0 Å². The van der Waals surface area contributed by atoms with Crippen LogP contribution in [0.5, 0.6) is 5.75 Å². The molecule has 1 heterocycles. The van der Waals surface area contributed by atoms with Crippen LogP contribution in [0.1, 0.15) is 30.5 Å². The van der Waals surface area contributed by atoms with Gasteiger partial charge in [-0.15, -0.1) is 0 Å². The Morgan fingerprint density at radius 1 is 1.25 bits per heavy atom. The molecular formula is C14H19NO. The molecule has 0 bridgehead atoms. The number of fused-ring (bicyclic) bond motifs is 1. The number of nitrogens with zero attached hydrogens (tertiary/aromatic N) is 1. The summed E-state index contributed by atoms with van der Waals surface area (Å²) in [5.74, 6) is 0.384. The molecule has 0 radical (unpaired) electrons. The number of anilines is 1. The van der Waals surface area contributed by atoms with E-state index in [-0.39, 0.29) is 5.54 Å². The van der Waals surface area contributed by atoms with Crippen molar-refractivity contribution in [3.8, 4) is 5.75 Å². The average molecular weight is 217 g/mol. The SMILES string of the molecule is Cc1cc(O)c(C)c2c1C=CC(C)(C)N2C. The van der Waals surface area contributed by atoms with Crippen molar-refractivity contribution in [3.63, 3.8) is 0 Å². The fraction of sp³-hybridized carbons (Fsp3) is 0.429. The number of likely N-dealkylation sites (N-methyl/N-ethyl adjacent to an activating group) is 1. The summed E-state index contributed by atoms with van der Waals surface area (Å²) >= 11 is 0. The highest BCUT2D eigenvalue weighted by Gasteiger charge is 2.28. The van der Waals surface area contributed by atoms with E-state index in [0.29, 0.717) is 5.75 Å². The number of aromatic hydroxyl groups is 1. The van der Waals surface area contributed by atoms with Gasteiger partial charge < -0.3 is 10.0 Å². The monoisotopic (exact) mass is 217 g/mol. The summed E-state index contributed by atoms with van der Waals surface area (Å²) in [7, 11) is 2.08. The van der Waals surface area contributed by atoms with E-state index in [1.54, 1.807) is 0 Å². The molecule has 86 valence electrons. The van der Waals surface area contributed by atoms with Crippen molar-refractivity contribution in [2.75, 3.05) is 11.9 Å². The normalized spacial score (nSPS) is 17.4. The summed E-state index contributed by atoms with van der Waals surface area (Å²) in [5, 5.41) is 9.89. The second kappa shape index (κ2) is 3.27. The molecule has 0 unspecified atom stereocenters. The van der Waals surface area contributed by atoms with E-state index in [4.69, 9.17) is 0 Å². The molecule has 2 nitrogen and oxygen atoms in total. The number of rotatable bonds is 0. The van der Waals surface area contributed by atoms with Crippen molar-refractivity contribution >= 4 is 11.8 Å². The topological polar surface area (TPSA) is 23.5 Å². The standard InChI is InChI=1S/C14H19NO/c1-9-8-12(16)10(2)13-11(9)6-7-14(3,4)15(13)5/h6-8,16H,1-5H3. The lowest BCUT2D eigenvalue weighted by Gasteiger charge is -2.40. The Morgan fingerprint density at radius 3 is 2.50 bits per heavy atom. The maximum Gasteiger partial charge on any atom is 0.120 e. The minimum atomic E-state index is -0.00199. The smallest absolute Gasteiger partial charge is 0.120 e. The van der Waals surface area contributed by atoms with Crippen LogP contribution in [-0.2, 0) is 0 Å². The van der Waals surface area contributed by atoms with E-state index in [2.05, 4.69) is 37.9 Å². The van der Waals surface area contributed by atoms with Gasteiger partial charge in [0.25, 0.3) is 0 Å². The van der Waals surface area contributed by atoms with Crippen LogP contribution in [0.2, 0.25) is 0 Å². The Bertz CT molecular complexity index is 472. The van der Waals surface area contributed by atoms with Gasteiger partial charge in [0.15, 0.2) is 0 Å². The van der Waals surface area contributed by atoms with Gasteiger partial charge in [-0.1, -0.05) is 12.2 Å². The van der Waals surface area contributed by atoms with Crippen LogP contribution in [0, 0.1) is 13.8 Å². The van der Waals surface area contributed by atoms with Crippen LogP contribution in [0.4, 0.5) is 5.69 Å². The molecule has 1 N–H and O–H groups in total. The zero-order valence-corrected chi connectivity index (χ0v) is 10.6. The van der Waals surface area contributed by atoms with Gasteiger partial charge in [0, 0.05) is 18.2 Å². The van der Waals surface area contributed by atoms with Crippen LogP contribution in [-0.4, -0.2) is 17.7 Å². The minimum Gasteiger partial charge on any atom is -0.508 e. The van der Waals surface area contributed by atoms with Crippen molar-refractivity contribution in [3.05, 3.63) is 28.8 Å². The van der Waals surface area contributed by atoms with E-state index in [0.717, 1.165) is 16.8 Å². The van der Waals surface area contributed by atoms with Crippen LogP contribution in [0.25, 0.3) is 6.08 Å². The molecular weight excluding hydrogens is 198 g/mol. The third-order valence-electron chi connectivity index (χ3n) is 3.63. The molecule has 0 atom stereocenters. The first kappa shape index (κ1) is 11.1. The van der Waals surface area contributed by atoms with Gasteiger partial charge in [0.05, 0.1) is 11.2 Å². The van der Waals surface area contributed by atoms with Gasteiger partial charge >= 0.3 is 0 Å². The molecule has 0 amide bonds. The second-order valence-electron chi connectivity index (χ2n) is 5.15. The molecule has 1 aliphatic heterocycles. The molecule has 1 aromatic carbocycles. The maximum atomic E-state index is 9.89. The third-order valence-corrected chi connectivity index (χ3v) is 3.63. The number of phenols is 1. The highest BCUT2D eigenvalue weighted by molar-refractivity contribution is 5.80. The first-order valence-electron chi connectivity index (χ1n) is 5.61. The van der Waals surface area contributed by atoms with Gasteiger partial charge in [-0.2, -0.15) is 0 Å². The molecule has 0 aromatic heterocycles. The molecule has 0 spiro atoms. The van der Waals surface area contributed by atoms with E-state index in [1.807, 2.05) is 19.9 Å². The summed E-state index contributed by atoms with van der Waals surface area (Å²) in [6, 6.07) is 1.84. The largest absolute Gasteiger partial charge is 0.508 e. The molecule has 2 heteroatoms. The van der Waals surface area contributed by atoms with Crippen molar-refractivity contribution in [2.45, 2.75) is 33.2 Å². The van der Waals surface area contributed by atoms with Gasteiger partial charge in [-0.05, 0) is 39.3 Å². The maximum absolute atomic E-state index is 9.89. The number of phenolic OH excluding ortho intramolecular Hbond substituents is 1. The summed E-state index contributed by atoms with van der Waals surface area (Å²) < 4.78 is 0. The Balaban J connectivity index is 2.75.